The molecule has 1 aromatic heterocycles. The SMILES string of the molecule is CCn1c(SCC(=O)Nc2c(C)cccc2C)nnc1C(CO)NC(=O)c1ccc(OC)cc1. The van der Waals surface area contributed by atoms with Crippen molar-refractivity contribution in [1.29, 1.82) is 0 Å². The minimum Gasteiger partial charge on any atom is -0.497 e. The molecule has 3 aromatic rings. The summed E-state index contributed by atoms with van der Waals surface area (Å²) < 4.78 is 6.90. The third-order valence-electron chi connectivity index (χ3n) is 5.29. The number of rotatable bonds is 10. The molecule has 0 radical (unpaired) electrons. The number of aryl methyl sites for hydroxylation is 2. The Balaban J connectivity index is 1.68. The maximum atomic E-state index is 12.7. The number of hydrogen-bond acceptors (Lipinski definition) is 7. The van der Waals surface area contributed by atoms with Crippen LogP contribution in [0.15, 0.2) is 47.6 Å². The van der Waals surface area contributed by atoms with E-state index >= 15 is 0 Å². The molecule has 0 saturated carbocycles. The molecule has 0 spiro atoms. The molecule has 0 aliphatic heterocycles. The van der Waals surface area contributed by atoms with Crippen molar-refractivity contribution in [2.75, 3.05) is 24.8 Å². The highest BCUT2D eigenvalue weighted by Crippen LogP contribution is 2.23. The number of aliphatic hydroxyl groups is 1. The van der Waals surface area contributed by atoms with Crippen LogP contribution in [0.4, 0.5) is 5.69 Å². The number of nitrogens with zero attached hydrogens (tertiary/aromatic N) is 3. The number of para-hydroxylation sites is 1. The van der Waals surface area contributed by atoms with Crippen LogP contribution in [-0.2, 0) is 11.3 Å². The number of amides is 2. The van der Waals surface area contributed by atoms with Gasteiger partial charge >= 0.3 is 0 Å². The van der Waals surface area contributed by atoms with Crippen molar-refractivity contribution in [3.63, 3.8) is 0 Å². The molecular weight excluding hydrogens is 454 g/mol. The number of thioether (sulfide) groups is 1. The highest BCUT2D eigenvalue weighted by molar-refractivity contribution is 7.99. The summed E-state index contributed by atoms with van der Waals surface area (Å²) in [5.41, 5.74) is 3.23. The lowest BCUT2D eigenvalue weighted by Crippen LogP contribution is -2.32. The standard InChI is InChI=1S/C24H29N5O4S/c1-5-29-22(19(13-30)25-23(32)17-9-11-18(33-4)12-10-17)27-28-24(29)34-14-20(31)26-21-15(2)7-6-8-16(21)3/h6-12,19,30H,5,13-14H2,1-4H3,(H,25,32)(H,26,31). The molecule has 1 atom stereocenters. The number of aliphatic hydroxyl groups excluding tert-OH is 1. The maximum absolute atomic E-state index is 12.7. The van der Waals surface area contributed by atoms with Crippen molar-refractivity contribution in [3.8, 4) is 5.75 Å². The second-order valence-electron chi connectivity index (χ2n) is 7.63. The first-order valence-corrected chi connectivity index (χ1v) is 11.8. The molecule has 0 saturated heterocycles. The first-order valence-electron chi connectivity index (χ1n) is 10.9. The highest BCUT2D eigenvalue weighted by Gasteiger charge is 2.23. The van der Waals surface area contributed by atoms with E-state index in [1.54, 1.807) is 35.9 Å². The van der Waals surface area contributed by atoms with E-state index in [0.29, 0.717) is 28.8 Å². The maximum Gasteiger partial charge on any atom is 0.251 e. The summed E-state index contributed by atoms with van der Waals surface area (Å²) in [5.74, 6) is 0.706. The number of carbonyl (C=O) groups excluding carboxylic acids is 2. The summed E-state index contributed by atoms with van der Waals surface area (Å²) in [6.07, 6.45) is 0. The Morgan fingerprint density at radius 2 is 1.79 bits per heavy atom. The van der Waals surface area contributed by atoms with E-state index < -0.39 is 6.04 Å². The molecule has 0 bridgehead atoms. The normalized spacial score (nSPS) is 11.7. The fraction of sp³-hybridized carbons (Fsp3) is 0.333. The quantitative estimate of drug-likeness (QED) is 0.379. The van der Waals surface area contributed by atoms with E-state index in [4.69, 9.17) is 4.74 Å². The molecule has 10 heteroatoms. The molecule has 2 aromatic carbocycles. The van der Waals surface area contributed by atoms with Gasteiger partial charge in [0.1, 0.15) is 11.8 Å². The number of ether oxygens (including phenoxy) is 1. The Morgan fingerprint density at radius 1 is 1.12 bits per heavy atom. The van der Waals surface area contributed by atoms with Gasteiger partial charge in [0, 0.05) is 17.8 Å². The lowest BCUT2D eigenvalue weighted by atomic mass is 10.1. The highest BCUT2D eigenvalue weighted by atomic mass is 32.2. The van der Waals surface area contributed by atoms with Gasteiger partial charge in [-0.3, -0.25) is 9.59 Å². The van der Waals surface area contributed by atoms with Gasteiger partial charge in [-0.05, 0) is 56.2 Å². The van der Waals surface area contributed by atoms with Gasteiger partial charge in [-0.15, -0.1) is 10.2 Å². The number of aromatic nitrogens is 3. The Labute approximate surface area is 202 Å². The largest absolute Gasteiger partial charge is 0.497 e. The number of hydrogen-bond donors (Lipinski definition) is 3. The van der Waals surface area contributed by atoms with Gasteiger partial charge < -0.3 is 25.0 Å². The van der Waals surface area contributed by atoms with Crippen LogP contribution in [-0.4, -0.2) is 51.2 Å². The van der Waals surface area contributed by atoms with Crippen molar-refractivity contribution in [3.05, 3.63) is 65.0 Å². The molecule has 0 fully saturated rings. The first kappa shape index (κ1) is 25.3. The van der Waals surface area contributed by atoms with Gasteiger partial charge in [0.15, 0.2) is 11.0 Å². The van der Waals surface area contributed by atoms with Crippen LogP contribution in [0.5, 0.6) is 5.75 Å². The van der Waals surface area contributed by atoms with Gasteiger partial charge in [-0.1, -0.05) is 30.0 Å². The van der Waals surface area contributed by atoms with Crippen molar-refractivity contribution in [2.24, 2.45) is 0 Å². The number of nitrogens with one attached hydrogen (secondary N) is 2. The van der Waals surface area contributed by atoms with Gasteiger partial charge in [-0.25, -0.2) is 0 Å². The molecule has 1 unspecified atom stereocenters. The summed E-state index contributed by atoms with van der Waals surface area (Å²) in [4.78, 5) is 25.2. The van der Waals surface area contributed by atoms with Crippen LogP contribution >= 0.6 is 11.8 Å². The van der Waals surface area contributed by atoms with Gasteiger partial charge in [0.2, 0.25) is 5.91 Å². The summed E-state index contributed by atoms with van der Waals surface area (Å²) in [6, 6.07) is 11.8. The Hall–Kier alpha value is -3.37. The lowest BCUT2D eigenvalue weighted by molar-refractivity contribution is -0.113. The molecule has 9 nitrogen and oxygen atoms in total. The van der Waals surface area contributed by atoms with Gasteiger partial charge in [0.25, 0.3) is 5.91 Å². The van der Waals surface area contributed by atoms with E-state index in [1.165, 1.54) is 11.8 Å². The zero-order valence-electron chi connectivity index (χ0n) is 19.7. The van der Waals surface area contributed by atoms with Crippen molar-refractivity contribution >= 4 is 29.3 Å². The second-order valence-corrected chi connectivity index (χ2v) is 8.57. The van der Waals surface area contributed by atoms with E-state index in [0.717, 1.165) is 16.8 Å². The van der Waals surface area contributed by atoms with E-state index in [9.17, 15) is 14.7 Å². The minimum absolute atomic E-state index is 0.147. The van der Waals surface area contributed by atoms with Crippen LogP contribution in [0.1, 0.15) is 40.3 Å². The fourth-order valence-corrected chi connectivity index (χ4v) is 4.26. The third-order valence-corrected chi connectivity index (χ3v) is 6.26. The van der Waals surface area contributed by atoms with Crippen LogP contribution in [0, 0.1) is 13.8 Å². The smallest absolute Gasteiger partial charge is 0.251 e. The van der Waals surface area contributed by atoms with Crippen LogP contribution in [0.25, 0.3) is 0 Å². The topological polar surface area (TPSA) is 118 Å². The second kappa shape index (κ2) is 11.7. The summed E-state index contributed by atoms with van der Waals surface area (Å²) in [7, 11) is 1.55. The summed E-state index contributed by atoms with van der Waals surface area (Å²) in [5, 5.41) is 24.6. The Kier molecular flexibility index (Phi) is 8.67. The molecule has 1 heterocycles. The van der Waals surface area contributed by atoms with E-state index in [1.807, 2.05) is 39.0 Å². The zero-order valence-corrected chi connectivity index (χ0v) is 20.5. The third kappa shape index (κ3) is 5.95. The Morgan fingerprint density at radius 3 is 2.38 bits per heavy atom. The summed E-state index contributed by atoms with van der Waals surface area (Å²) >= 11 is 1.25. The average Bonchev–Trinajstić information content (AvgIpc) is 3.26. The van der Waals surface area contributed by atoms with Crippen molar-refractivity contribution in [1.82, 2.24) is 20.1 Å². The van der Waals surface area contributed by atoms with E-state index in [-0.39, 0.29) is 24.2 Å². The molecule has 0 aliphatic carbocycles. The molecule has 3 rings (SSSR count). The average molecular weight is 484 g/mol. The van der Waals surface area contributed by atoms with Crippen LogP contribution < -0.4 is 15.4 Å². The molecule has 2 amide bonds. The number of carbonyl (C=O) groups is 2. The monoisotopic (exact) mass is 483 g/mol. The molecular formula is C24H29N5O4S. The summed E-state index contributed by atoms with van der Waals surface area (Å²) in [6.45, 7) is 5.97. The van der Waals surface area contributed by atoms with Crippen LogP contribution in [0.2, 0.25) is 0 Å². The van der Waals surface area contributed by atoms with Crippen molar-refractivity contribution < 1.29 is 19.4 Å². The predicted molar refractivity (Wildman–Crippen MR) is 131 cm³/mol. The zero-order chi connectivity index (χ0) is 24.7. The van der Waals surface area contributed by atoms with Gasteiger partial charge in [0.05, 0.1) is 19.5 Å². The number of anilines is 1. The van der Waals surface area contributed by atoms with E-state index in [2.05, 4.69) is 20.8 Å². The minimum atomic E-state index is -0.750. The first-order chi connectivity index (χ1) is 16.4. The predicted octanol–water partition coefficient (Wildman–Crippen LogP) is 3.12. The van der Waals surface area contributed by atoms with Crippen molar-refractivity contribution in [2.45, 2.75) is 38.5 Å². The molecule has 0 aliphatic rings. The lowest BCUT2D eigenvalue weighted by Gasteiger charge is -2.17. The molecule has 34 heavy (non-hydrogen) atoms. The molecule has 180 valence electrons. The fourth-order valence-electron chi connectivity index (χ4n) is 3.45. The Bertz CT molecular complexity index is 1130. The number of methoxy groups -OCH3 is 1. The molecule has 3 N–H and O–H groups in total. The van der Waals surface area contributed by atoms with Gasteiger partial charge in [-0.2, -0.15) is 0 Å². The number of benzene rings is 2. The van der Waals surface area contributed by atoms with Crippen LogP contribution in [0.3, 0.4) is 0 Å².